The van der Waals surface area contributed by atoms with Crippen LogP contribution in [0.3, 0.4) is 0 Å². The third kappa shape index (κ3) is 3.86. The smallest absolute Gasteiger partial charge is 0.306 e. The lowest BCUT2D eigenvalue weighted by atomic mass is 10.0. The lowest BCUT2D eigenvalue weighted by molar-refractivity contribution is -0.141. The summed E-state index contributed by atoms with van der Waals surface area (Å²) in [5, 5.41) is 12.1. The number of aliphatic carboxylic acids is 1. The quantitative estimate of drug-likeness (QED) is 0.887. The van der Waals surface area contributed by atoms with E-state index in [9.17, 15) is 14.0 Å². The summed E-state index contributed by atoms with van der Waals surface area (Å²) in [5.41, 5.74) is 1.00. The van der Waals surface area contributed by atoms with Gasteiger partial charge >= 0.3 is 5.97 Å². The summed E-state index contributed by atoms with van der Waals surface area (Å²) in [6, 6.07) is 6.61. The first kappa shape index (κ1) is 16.7. The molecule has 6 heteroatoms. The third-order valence-electron chi connectivity index (χ3n) is 5.19. The van der Waals surface area contributed by atoms with Crippen molar-refractivity contribution >= 4 is 17.6 Å². The fraction of sp³-hybridized carbons (Fsp3) is 0.556. The molecule has 3 rings (SSSR count). The van der Waals surface area contributed by atoms with Gasteiger partial charge in [-0.2, -0.15) is 0 Å². The second-order valence-electron chi connectivity index (χ2n) is 6.79. The van der Waals surface area contributed by atoms with Gasteiger partial charge in [-0.15, -0.1) is 0 Å². The molecule has 2 fully saturated rings. The molecule has 0 aromatic heterocycles. The lowest BCUT2D eigenvalue weighted by Gasteiger charge is -2.34. The molecule has 1 amide bonds. The van der Waals surface area contributed by atoms with Crippen molar-refractivity contribution in [3.63, 3.8) is 0 Å². The predicted octanol–water partition coefficient (Wildman–Crippen LogP) is 2.41. The first-order valence-corrected chi connectivity index (χ1v) is 8.56. The Hall–Kier alpha value is -2.11. The average molecular weight is 334 g/mol. The van der Waals surface area contributed by atoms with Gasteiger partial charge in [0.2, 0.25) is 5.91 Å². The number of nitrogens with zero attached hydrogens (tertiary/aromatic N) is 1. The number of carbonyl (C=O) groups excluding carboxylic acids is 1. The third-order valence-corrected chi connectivity index (χ3v) is 5.19. The predicted molar refractivity (Wildman–Crippen MR) is 88.2 cm³/mol. The van der Waals surface area contributed by atoms with Gasteiger partial charge < -0.3 is 15.3 Å². The van der Waals surface area contributed by atoms with Crippen molar-refractivity contribution in [3.8, 4) is 0 Å². The van der Waals surface area contributed by atoms with E-state index in [0.717, 1.165) is 31.6 Å². The van der Waals surface area contributed by atoms with Crippen molar-refractivity contribution < 1.29 is 19.1 Å². The number of hydrogen-bond acceptors (Lipinski definition) is 3. The maximum atomic E-state index is 13.0. The van der Waals surface area contributed by atoms with Crippen LogP contribution in [0.25, 0.3) is 0 Å². The zero-order chi connectivity index (χ0) is 17.1. The van der Waals surface area contributed by atoms with Crippen molar-refractivity contribution in [3.05, 3.63) is 30.1 Å². The highest BCUT2D eigenvalue weighted by molar-refractivity contribution is 5.81. The normalized spacial score (nSPS) is 24.8. The highest BCUT2D eigenvalue weighted by Crippen LogP contribution is 2.31. The van der Waals surface area contributed by atoms with Crippen LogP contribution in [0.1, 0.15) is 32.1 Å². The van der Waals surface area contributed by atoms with Gasteiger partial charge in [-0.3, -0.25) is 9.59 Å². The molecule has 1 aliphatic heterocycles. The fourth-order valence-electron chi connectivity index (χ4n) is 3.70. The van der Waals surface area contributed by atoms with Gasteiger partial charge in [0.05, 0.1) is 5.92 Å². The van der Waals surface area contributed by atoms with E-state index in [0.29, 0.717) is 19.3 Å². The van der Waals surface area contributed by atoms with Gasteiger partial charge in [0.15, 0.2) is 0 Å². The van der Waals surface area contributed by atoms with Crippen LogP contribution in [0.2, 0.25) is 0 Å². The number of carboxylic acid groups (broad SMARTS) is 1. The molecule has 5 nitrogen and oxygen atoms in total. The van der Waals surface area contributed by atoms with Crippen molar-refractivity contribution in [2.75, 3.05) is 18.0 Å². The SMILES string of the molecule is O=C(O)[C@@H]1CC[C@H](C(=O)NC2CCN(c3ccc(F)cc3)CC2)C1. The minimum Gasteiger partial charge on any atom is -0.481 e. The van der Waals surface area contributed by atoms with E-state index in [1.807, 2.05) is 0 Å². The molecule has 0 unspecified atom stereocenters. The molecule has 130 valence electrons. The number of benzene rings is 1. The van der Waals surface area contributed by atoms with Crippen LogP contribution in [0.5, 0.6) is 0 Å². The Labute approximate surface area is 140 Å². The molecular formula is C18H23FN2O3. The molecular weight excluding hydrogens is 311 g/mol. The minimum atomic E-state index is -0.794. The zero-order valence-electron chi connectivity index (χ0n) is 13.6. The molecule has 1 saturated heterocycles. The van der Waals surface area contributed by atoms with Crippen molar-refractivity contribution in [2.45, 2.75) is 38.1 Å². The van der Waals surface area contributed by atoms with Crippen LogP contribution in [-0.4, -0.2) is 36.1 Å². The molecule has 0 radical (unpaired) electrons. The summed E-state index contributed by atoms with van der Waals surface area (Å²) in [5.74, 6) is -1.57. The number of carbonyl (C=O) groups is 2. The molecule has 2 atom stereocenters. The van der Waals surface area contributed by atoms with Crippen molar-refractivity contribution in [1.82, 2.24) is 5.32 Å². The number of nitrogens with one attached hydrogen (secondary N) is 1. The topological polar surface area (TPSA) is 69.6 Å². The Morgan fingerprint density at radius 2 is 1.67 bits per heavy atom. The summed E-state index contributed by atoms with van der Waals surface area (Å²) in [7, 11) is 0. The average Bonchev–Trinajstić information content (AvgIpc) is 3.07. The number of hydrogen-bond donors (Lipinski definition) is 2. The maximum absolute atomic E-state index is 13.0. The van der Waals surface area contributed by atoms with Gasteiger partial charge in [-0.05, 0) is 56.4 Å². The number of anilines is 1. The largest absolute Gasteiger partial charge is 0.481 e. The van der Waals surface area contributed by atoms with Crippen LogP contribution in [0.15, 0.2) is 24.3 Å². The van der Waals surface area contributed by atoms with Crippen LogP contribution >= 0.6 is 0 Å². The monoisotopic (exact) mass is 334 g/mol. The number of halogens is 1. The molecule has 24 heavy (non-hydrogen) atoms. The van der Waals surface area contributed by atoms with E-state index in [2.05, 4.69) is 10.2 Å². The van der Waals surface area contributed by atoms with E-state index < -0.39 is 5.97 Å². The second-order valence-corrected chi connectivity index (χ2v) is 6.79. The first-order chi connectivity index (χ1) is 11.5. The van der Waals surface area contributed by atoms with Gasteiger partial charge in [-0.25, -0.2) is 4.39 Å². The van der Waals surface area contributed by atoms with Gasteiger partial charge in [-0.1, -0.05) is 0 Å². The number of rotatable bonds is 4. The molecule has 1 heterocycles. The van der Waals surface area contributed by atoms with Gasteiger partial charge in [0.1, 0.15) is 5.82 Å². The van der Waals surface area contributed by atoms with E-state index in [4.69, 9.17) is 5.11 Å². The summed E-state index contributed by atoms with van der Waals surface area (Å²) in [6.45, 7) is 1.64. The van der Waals surface area contributed by atoms with Gasteiger partial charge in [0.25, 0.3) is 0 Å². The molecule has 0 spiro atoms. The lowest BCUT2D eigenvalue weighted by Crippen LogP contribution is -2.46. The molecule has 2 N–H and O–H groups in total. The molecule has 2 aliphatic rings. The Kier molecular flexibility index (Phi) is 5.02. The van der Waals surface area contributed by atoms with E-state index in [-0.39, 0.29) is 29.6 Å². The standard InChI is InChI=1S/C18H23FN2O3/c19-14-3-5-16(6-4-14)21-9-7-15(8-10-21)20-17(22)12-1-2-13(11-12)18(23)24/h3-6,12-13,15H,1-2,7-11H2,(H,20,22)(H,23,24)/t12-,13+/m0/s1. The summed E-state index contributed by atoms with van der Waals surface area (Å²) < 4.78 is 13.0. The fourth-order valence-corrected chi connectivity index (χ4v) is 3.70. The molecule has 1 aliphatic carbocycles. The van der Waals surface area contributed by atoms with Crippen LogP contribution in [0, 0.1) is 17.7 Å². The highest BCUT2D eigenvalue weighted by atomic mass is 19.1. The van der Waals surface area contributed by atoms with Crippen molar-refractivity contribution in [2.24, 2.45) is 11.8 Å². The van der Waals surface area contributed by atoms with E-state index >= 15 is 0 Å². The van der Waals surface area contributed by atoms with Crippen LogP contribution < -0.4 is 10.2 Å². The van der Waals surface area contributed by atoms with E-state index in [1.54, 1.807) is 12.1 Å². The van der Waals surface area contributed by atoms with Crippen LogP contribution in [-0.2, 0) is 9.59 Å². The highest BCUT2D eigenvalue weighted by Gasteiger charge is 2.34. The first-order valence-electron chi connectivity index (χ1n) is 8.56. The van der Waals surface area contributed by atoms with E-state index in [1.165, 1.54) is 12.1 Å². The number of amides is 1. The molecule has 0 bridgehead atoms. The Bertz CT molecular complexity index is 597. The molecule has 1 aromatic carbocycles. The maximum Gasteiger partial charge on any atom is 0.306 e. The second kappa shape index (κ2) is 7.20. The number of piperidine rings is 1. The summed E-state index contributed by atoms with van der Waals surface area (Å²) in [4.78, 5) is 25.5. The summed E-state index contributed by atoms with van der Waals surface area (Å²) >= 11 is 0. The summed E-state index contributed by atoms with van der Waals surface area (Å²) in [6.07, 6.45) is 3.40. The number of carboxylic acids is 1. The Morgan fingerprint density at radius 1 is 1.04 bits per heavy atom. The molecule has 1 saturated carbocycles. The molecule has 1 aromatic rings. The minimum absolute atomic E-state index is 0.000942. The van der Waals surface area contributed by atoms with Crippen LogP contribution in [0.4, 0.5) is 10.1 Å². The zero-order valence-corrected chi connectivity index (χ0v) is 13.6. The Balaban J connectivity index is 1.46. The van der Waals surface area contributed by atoms with Crippen molar-refractivity contribution in [1.29, 1.82) is 0 Å². The Morgan fingerprint density at radius 3 is 2.25 bits per heavy atom. The van der Waals surface area contributed by atoms with Gasteiger partial charge in [0, 0.05) is 30.7 Å².